The zero-order chi connectivity index (χ0) is 19.5. The average Bonchev–Trinajstić information content (AvgIpc) is 3.16. The molecule has 2 aromatic carbocycles. The summed E-state index contributed by atoms with van der Waals surface area (Å²) < 4.78 is 0. The molecule has 2 aromatic heterocycles. The Balaban J connectivity index is 1.48. The van der Waals surface area contributed by atoms with E-state index in [4.69, 9.17) is 9.97 Å². The number of fused-ring (bicyclic) bond motifs is 1. The van der Waals surface area contributed by atoms with Crippen LogP contribution in [0.2, 0.25) is 0 Å². The average molecular weight is 385 g/mol. The largest absolute Gasteiger partial charge is 0.340 e. The molecule has 0 spiro atoms. The van der Waals surface area contributed by atoms with Crippen molar-refractivity contribution in [1.82, 2.24) is 25.5 Å². The van der Waals surface area contributed by atoms with Crippen LogP contribution in [0.25, 0.3) is 22.0 Å². The van der Waals surface area contributed by atoms with Crippen molar-refractivity contribution in [2.75, 3.05) is 36.4 Å². The van der Waals surface area contributed by atoms with Gasteiger partial charge in [-0.2, -0.15) is 10.1 Å². The molecule has 0 bridgehead atoms. The van der Waals surface area contributed by atoms with Gasteiger partial charge in [0.1, 0.15) is 5.82 Å². The molecule has 0 atom stereocenters. The van der Waals surface area contributed by atoms with E-state index in [0.29, 0.717) is 0 Å². The van der Waals surface area contributed by atoms with Crippen LogP contribution in [-0.4, -0.2) is 46.3 Å². The van der Waals surface area contributed by atoms with Crippen molar-refractivity contribution in [3.8, 4) is 11.1 Å². The molecule has 29 heavy (non-hydrogen) atoms. The molecule has 3 heterocycles. The van der Waals surface area contributed by atoms with Crippen LogP contribution >= 0.6 is 0 Å². The van der Waals surface area contributed by atoms with Crippen LogP contribution in [0.1, 0.15) is 6.42 Å². The van der Waals surface area contributed by atoms with Gasteiger partial charge in [0.25, 0.3) is 0 Å². The highest BCUT2D eigenvalue weighted by atomic mass is 15.3. The zero-order valence-electron chi connectivity index (χ0n) is 16.1. The Bertz CT molecular complexity index is 1080. The molecule has 1 aliphatic rings. The van der Waals surface area contributed by atoms with Gasteiger partial charge in [-0.1, -0.05) is 24.3 Å². The molecule has 7 nitrogen and oxygen atoms in total. The first-order valence-corrected chi connectivity index (χ1v) is 9.95. The number of benzene rings is 2. The molecule has 1 aliphatic heterocycles. The Morgan fingerprint density at radius 3 is 2.66 bits per heavy atom. The summed E-state index contributed by atoms with van der Waals surface area (Å²) in [5.41, 5.74) is 4.13. The maximum absolute atomic E-state index is 4.89. The number of rotatable bonds is 4. The molecule has 5 rings (SSSR count). The van der Waals surface area contributed by atoms with E-state index in [1.165, 1.54) is 0 Å². The summed E-state index contributed by atoms with van der Waals surface area (Å²) in [5.74, 6) is 1.61. The maximum atomic E-state index is 4.89. The molecule has 0 unspecified atom stereocenters. The van der Waals surface area contributed by atoms with E-state index in [1.54, 1.807) is 0 Å². The second kappa shape index (κ2) is 7.89. The number of nitrogens with one attached hydrogen (secondary N) is 3. The number of aromatic nitrogens is 4. The van der Waals surface area contributed by atoms with E-state index in [1.807, 2.05) is 30.6 Å². The number of para-hydroxylation sites is 1. The third kappa shape index (κ3) is 3.77. The fourth-order valence-electron chi connectivity index (χ4n) is 3.64. The number of nitrogens with zero attached hydrogens (tertiary/aromatic N) is 4. The number of aromatic amines is 1. The van der Waals surface area contributed by atoms with Gasteiger partial charge in [0.2, 0.25) is 5.95 Å². The van der Waals surface area contributed by atoms with Crippen molar-refractivity contribution in [1.29, 1.82) is 0 Å². The van der Waals surface area contributed by atoms with Crippen LogP contribution in [0.3, 0.4) is 0 Å². The van der Waals surface area contributed by atoms with Crippen molar-refractivity contribution >= 4 is 28.4 Å². The van der Waals surface area contributed by atoms with Crippen molar-refractivity contribution in [2.45, 2.75) is 6.42 Å². The van der Waals surface area contributed by atoms with Gasteiger partial charge >= 0.3 is 0 Å². The monoisotopic (exact) mass is 385 g/mol. The first-order valence-electron chi connectivity index (χ1n) is 9.95. The molecular weight excluding hydrogens is 362 g/mol. The Kier molecular flexibility index (Phi) is 4.80. The Morgan fingerprint density at radius 2 is 1.79 bits per heavy atom. The number of hydrogen-bond donors (Lipinski definition) is 3. The molecule has 4 aromatic rings. The first-order chi connectivity index (χ1) is 14.4. The predicted molar refractivity (Wildman–Crippen MR) is 117 cm³/mol. The van der Waals surface area contributed by atoms with Crippen molar-refractivity contribution in [2.24, 2.45) is 0 Å². The van der Waals surface area contributed by atoms with E-state index < -0.39 is 0 Å². The summed E-state index contributed by atoms with van der Waals surface area (Å²) in [6, 6.07) is 16.4. The van der Waals surface area contributed by atoms with Gasteiger partial charge in [-0.3, -0.25) is 5.10 Å². The van der Waals surface area contributed by atoms with E-state index in [2.05, 4.69) is 56.1 Å². The lowest BCUT2D eigenvalue weighted by Crippen LogP contribution is -2.29. The summed E-state index contributed by atoms with van der Waals surface area (Å²) >= 11 is 0. The van der Waals surface area contributed by atoms with Crippen LogP contribution in [0.4, 0.5) is 17.5 Å². The van der Waals surface area contributed by atoms with E-state index in [9.17, 15) is 0 Å². The van der Waals surface area contributed by atoms with E-state index in [-0.39, 0.29) is 0 Å². The molecule has 146 valence electrons. The smallest absolute Gasteiger partial charge is 0.227 e. The third-order valence-corrected chi connectivity index (χ3v) is 5.19. The summed E-state index contributed by atoms with van der Waals surface area (Å²) in [6.07, 6.45) is 4.81. The molecule has 0 amide bonds. The van der Waals surface area contributed by atoms with E-state index >= 15 is 0 Å². The fraction of sp³-hybridized carbons (Fsp3) is 0.227. The van der Waals surface area contributed by atoms with Crippen LogP contribution in [0.15, 0.2) is 60.9 Å². The number of anilines is 3. The van der Waals surface area contributed by atoms with Gasteiger partial charge in [0.15, 0.2) is 0 Å². The van der Waals surface area contributed by atoms with Gasteiger partial charge in [0.05, 0.1) is 11.7 Å². The lowest BCUT2D eigenvalue weighted by Gasteiger charge is -2.21. The molecule has 0 aliphatic carbocycles. The quantitative estimate of drug-likeness (QED) is 0.498. The summed E-state index contributed by atoms with van der Waals surface area (Å²) in [4.78, 5) is 12.0. The number of hydrogen-bond acceptors (Lipinski definition) is 6. The van der Waals surface area contributed by atoms with Crippen LogP contribution < -0.4 is 15.5 Å². The molecule has 3 N–H and O–H groups in total. The van der Waals surface area contributed by atoms with Crippen LogP contribution in [-0.2, 0) is 0 Å². The van der Waals surface area contributed by atoms with Gasteiger partial charge in [-0.25, -0.2) is 4.98 Å². The number of H-pyrrole nitrogens is 1. The fourth-order valence-corrected chi connectivity index (χ4v) is 3.64. The lowest BCUT2D eigenvalue weighted by molar-refractivity contribution is 0.724. The highest BCUT2D eigenvalue weighted by Gasteiger charge is 2.15. The van der Waals surface area contributed by atoms with Gasteiger partial charge in [-0.15, -0.1) is 0 Å². The van der Waals surface area contributed by atoms with E-state index in [0.717, 1.165) is 72.1 Å². The highest BCUT2D eigenvalue weighted by Crippen LogP contribution is 2.28. The Labute approximate surface area is 169 Å². The molecule has 0 saturated carbocycles. The molecular formula is C22H23N7. The third-order valence-electron chi connectivity index (χ3n) is 5.19. The molecule has 1 fully saturated rings. The van der Waals surface area contributed by atoms with Crippen LogP contribution in [0, 0.1) is 0 Å². The van der Waals surface area contributed by atoms with Crippen LogP contribution in [0.5, 0.6) is 0 Å². The Hall–Kier alpha value is -3.45. The topological polar surface area (TPSA) is 81.8 Å². The predicted octanol–water partition coefficient (Wildman–Crippen LogP) is 3.56. The van der Waals surface area contributed by atoms with Gasteiger partial charge < -0.3 is 15.5 Å². The van der Waals surface area contributed by atoms with Gasteiger partial charge in [-0.05, 0) is 42.8 Å². The van der Waals surface area contributed by atoms with Gasteiger partial charge in [0, 0.05) is 42.5 Å². The van der Waals surface area contributed by atoms with Crippen molar-refractivity contribution in [3.63, 3.8) is 0 Å². The summed E-state index contributed by atoms with van der Waals surface area (Å²) in [7, 11) is 0. The SMILES string of the molecule is c1ccc2c(Nc3ccc(-c4cn[nH]c4)cc3)nc(N3CCCNCC3)nc2c1. The molecule has 0 radical (unpaired) electrons. The second-order valence-corrected chi connectivity index (χ2v) is 7.17. The first kappa shape index (κ1) is 17.6. The zero-order valence-corrected chi connectivity index (χ0v) is 16.1. The minimum Gasteiger partial charge on any atom is -0.340 e. The second-order valence-electron chi connectivity index (χ2n) is 7.17. The lowest BCUT2D eigenvalue weighted by atomic mass is 10.1. The Morgan fingerprint density at radius 1 is 0.897 bits per heavy atom. The summed E-state index contributed by atoms with van der Waals surface area (Å²) in [5, 5.41) is 14.8. The summed E-state index contributed by atoms with van der Waals surface area (Å²) in [6.45, 7) is 3.87. The molecule has 7 heteroatoms. The minimum atomic E-state index is 0.782. The van der Waals surface area contributed by atoms with Crippen molar-refractivity contribution < 1.29 is 0 Å². The minimum absolute atomic E-state index is 0.782. The highest BCUT2D eigenvalue weighted by molar-refractivity contribution is 5.91. The normalized spacial score (nSPS) is 14.7. The standard InChI is InChI=1S/C22H23N7/c1-2-5-20-19(4-1)21(28-22(27-20)29-12-3-10-23-11-13-29)26-18-8-6-16(7-9-18)17-14-24-25-15-17/h1-2,4-9,14-15,23H,3,10-13H2,(H,24,25)(H,26,27,28). The van der Waals surface area contributed by atoms with Crippen molar-refractivity contribution in [3.05, 3.63) is 60.9 Å². The maximum Gasteiger partial charge on any atom is 0.227 e. The molecule has 1 saturated heterocycles.